The minimum atomic E-state index is -4.76. The summed E-state index contributed by atoms with van der Waals surface area (Å²) < 4.78 is 39.1. The van der Waals surface area contributed by atoms with E-state index >= 15 is 0 Å². The number of hydrogen-bond donors (Lipinski definition) is 1. The highest BCUT2D eigenvalue weighted by Crippen LogP contribution is 2.54. The molecule has 0 spiro atoms. The third-order valence-electron chi connectivity index (χ3n) is 3.13. The van der Waals surface area contributed by atoms with Crippen molar-refractivity contribution >= 4 is 11.6 Å². The Bertz CT molecular complexity index is 519. The molecule has 6 heteroatoms. The number of nitriles is 1. The van der Waals surface area contributed by atoms with E-state index in [0.717, 1.165) is 12.1 Å². The van der Waals surface area contributed by atoms with Gasteiger partial charge in [-0.2, -0.15) is 18.4 Å². The van der Waals surface area contributed by atoms with Crippen LogP contribution < -0.4 is 0 Å². The van der Waals surface area contributed by atoms with Gasteiger partial charge in [-0.15, -0.1) is 0 Å². The Labute approximate surface area is 107 Å². The molecule has 1 aromatic carbocycles. The van der Waals surface area contributed by atoms with Gasteiger partial charge in [0.05, 0.1) is 10.6 Å². The second-order valence-electron chi connectivity index (χ2n) is 4.34. The van der Waals surface area contributed by atoms with Crippen LogP contribution in [0.25, 0.3) is 0 Å². The van der Waals surface area contributed by atoms with E-state index < -0.39 is 17.7 Å². The SMILES string of the molecule is N#Cc1ccc(C(O)(C2CC2)C(F)(F)F)cc1Cl. The van der Waals surface area contributed by atoms with Crippen molar-refractivity contribution in [1.82, 2.24) is 0 Å². The largest absolute Gasteiger partial charge is 0.421 e. The van der Waals surface area contributed by atoms with E-state index in [1.807, 2.05) is 0 Å². The van der Waals surface area contributed by atoms with Crippen molar-refractivity contribution in [3.05, 3.63) is 34.3 Å². The van der Waals surface area contributed by atoms with Crippen LogP contribution in [-0.2, 0) is 5.60 Å². The van der Waals surface area contributed by atoms with Crippen LogP contribution in [-0.4, -0.2) is 11.3 Å². The summed E-state index contributed by atoms with van der Waals surface area (Å²) in [6, 6.07) is 5.08. The number of rotatable bonds is 2. The molecule has 0 aromatic heterocycles. The number of nitrogens with zero attached hydrogens (tertiary/aromatic N) is 1. The standard InChI is InChI=1S/C12H9ClF3NO/c13-10-5-9(2-1-7(10)6-17)11(18,8-3-4-8)12(14,15)16/h1-2,5,8,18H,3-4H2. The fraction of sp³-hybridized carbons (Fsp3) is 0.417. The summed E-state index contributed by atoms with van der Waals surface area (Å²) >= 11 is 5.71. The number of alkyl halides is 3. The molecule has 1 N–H and O–H groups in total. The van der Waals surface area contributed by atoms with E-state index in [1.165, 1.54) is 6.07 Å². The molecule has 1 atom stereocenters. The lowest BCUT2D eigenvalue weighted by Gasteiger charge is -2.31. The second kappa shape index (κ2) is 4.15. The molecule has 0 heterocycles. The molecule has 1 fully saturated rings. The Morgan fingerprint density at radius 3 is 2.33 bits per heavy atom. The van der Waals surface area contributed by atoms with Crippen molar-refractivity contribution in [3.63, 3.8) is 0 Å². The summed E-state index contributed by atoms with van der Waals surface area (Å²) in [7, 11) is 0. The zero-order chi connectivity index (χ0) is 13.6. The Kier molecular flexibility index (Phi) is 3.04. The topological polar surface area (TPSA) is 44.0 Å². The maximum absolute atomic E-state index is 13.0. The van der Waals surface area contributed by atoms with Crippen LogP contribution in [0.1, 0.15) is 24.0 Å². The minimum absolute atomic E-state index is 0.0840. The van der Waals surface area contributed by atoms with Crippen molar-refractivity contribution in [3.8, 4) is 6.07 Å². The maximum atomic E-state index is 13.0. The molecule has 1 aliphatic carbocycles. The zero-order valence-electron chi connectivity index (χ0n) is 9.13. The number of aliphatic hydroxyl groups is 1. The Morgan fingerprint density at radius 2 is 1.94 bits per heavy atom. The van der Waals surface area contributed by atoms with Gasteiger partial charge in [-0.05, 0) is 30.5 Å². The molecule has 1 aliphatic rings. The molecular formula is C12H9ClF3NO. The summed E-state index contributed by atoms with van der Waals surface area (Å²) in [5.74, 6) is -0.832. The van der Waals surface area contributed by atoms with Crippen LogP contribution in [0, 0.1) is 17.2 Å². The average Bonchev–Trinajstić information content (AvgIpc) is 3.10. The molecule has 96 valence electrons. The van der Waals surface area contributed by atoms with E-state index in [9.17, 15) is 18.3 Å². The van der Waals surface area contributed by atoms with Gasteiger partial charge in [-0.25, -0.2) is 0 Å². The lowest BCUT2D eigenvalue weighted by molar-refractivity contribution is -0.275. The Hall–Kier alpha value is -1.25. The molecule has 1 saturated carbocycles. The maximum Gasteiger partial charge on any atom is 0.421 e. The van der Waals surface area contributed by atoms with Crippen molar-refractivity contribution in [1.29, 1.82) is 5.26 Å². The van der Waals surface area contributed by atoms with Crippen LogP contribution in [0.5, 0.6) is 0 Å². The molecule has 0 aliphatic heterocycles. The highest BCUT2D eigenvalue weighted by atomic mass is 35.5. The van der Waals surface area contributed by atoms with E-state index in [4.69, 9.17) is 16.9 Å². The smallest absolute Gasteiger partial charge is 0.376 e. The van der Waals surface area contributed by atoms with Gasteiger partial charge in [0, 0.05) is 5.92 Å². The quantitative estimate of drug-likeness (QED) is 0.899. The molecule has 2 rings (SSSR count). The third kappa shape index (κ3) is 1.96. The molecular weight excluding hydrogens is 267 g/mol. The fourth-order valence-corrected chi connectivity index (χ4v) is 2.20. The molecule has 1 aromatic rings. The molecule has 0 radical (unpaired) electrons. The van der Waals surface area contributed by atoms with Gasteiger partial charge in [-0.1, -0.05) is 17.7 Å². The van der Waals surface area contributed by atoms with Gasteiger partial charge in [0.15, 0.2) is 5.60 Å². The summed E-state index contributed by atoms with van der Waals surface area (Å²) in [6.07, 6.45) is -4.10. The Balaban J connectivity index is 2.51. The van der Waals surface area contributed by atoms with Gasteiger partial charge < -0.3 is 5.11 Å². The lowest BCUT2D eigenvalue weighted by atomic mass is 9.87. The van der Waals surface area contributed by atoms with Crippen molar-refractivity contribution in [2.45, 2.75) is 24.6 Å². The fourth-order valence-electron chi connectivity index (χ4n) is 1.97. The first-order chi connectivity index (χ1) is 8.30. The Morgan fingerprint density at radius 1 is 1.33 bits per heavy atom. The van der Waals surface area contributed by atoms with Crippen LogP contribution in [0.3, 0.4) is 0 Å². The normalized spacial score (nSPS) is 19.1. The molecule has 1 unspecified atom stereocenters. The summed E-state index contributed by atoms with van der Waals surface area (Å²) in [5.41, 5.74) is -3.09. The van der Waals surface area contributed by atoms with Gasteiger partial charge in [0.1, 0.15) is 6.07 Å². The molecule has 18 heavy (non-hydrogen) atoms. The van der Waals surface area contributed by atoms with Crippen molar-refractivity contribution in [2.24, 2.45) is 5.92 Å². The summed E-state index contributed by atoms with van der Waals surface area (Å²) in [5, 5.41) is 18.6. The molecule has 0 amide bonds. The third-order valence-corrected chi connectivity index (χ3v) is 3.44. The van der Waals surface area contributed by atoms with Gasteiger partial charge in [0.25, 0.3) is 0 Å². The first-order valence-electron chi connectivity index (χ1n) is 5.30. The predicted octanol–water partition coefficient (Wildman–Crippen LogP) is 3.37. The molecule has 2 nitrogen and oxygen atoms in total. The van der Waals surface area contributed by atoms with Crippen LogP contribution in [0.4, 0.5) is 13.2 Å². The van der Waals surface area contributed by atoms with E-state index in [2.05, 4.69) is 0 Å². The van der Waals surface area contributed by atoms with Crippen LogP contribution in [0.15, 0.2) is 18.2 Å². The van der Waals surface area contributed by atoms with Gasteiger partial charge >= 0.3 is 6.18 Å². The monoisotopic (exact) mass is 275 g/mol. The average molecular weight is 276 g/mol. The highest BCUT2D eigenvalue weighted by molar-refractivity contribution is 6.31. The van der Waals surface area contributed by atoms with Crippen molar-refractivity contribution in [2.75, 3.05) is 0 Å². The van der Waals surface area contributed by atoms with E-state index in [0.29, 0.717) is 12.8 Å². The van der Waals surface area contributed by atoms with E-state index in [1.54, 1.807) is 6.07 Å². The number of halogens is 4. The first-order valence-corrected chi connectivity index (χ1v) is 5.67. The lowest BCUT2D eigenvalue weighted by Crippen LogP contribution is -2.44. The molecule has 0 saturated heterocycles. The second-order valence-corrected chi connectivity index (χ2v) is 4.75. The van der Waals surface area contributed by atoms with Crippen molar-refractivity contribution < 1.29 is 18.3 Å². The minimum Gasteiger partial charge on any atom is -0.376 e. The first kappa shape index (κ1) is 13.2. The van der Waals surface area contributed by atoms with Gasteiger partial charge in [-0.3, -0.25) is 0 Å². The van der Waals surface area contributed by atoms with Crippen LogP contribution >= 0.6 is 11.6 Å². The van der Waals surface area contributed by atoms with E-state index in [-0.39, 0.29) is 16.1 Å². The predicted molar refractivity (Wildman–Crippen MR) is 58.8 cm³/mol. The zero-order valence-corrected chi connectivity index (χ0v) is 9.89. The van der Waals surface area contributed by atoms with Crippen LogP contribution in [0.2, 0.25) is 5.02 Å². The van der Waals surface area contributed by atoms with Gasteiger partial charge in [0.2, 0.25) is 0 Å². The number of hydrogen-bond acceptors (Lipinski definition) is 2. The number of benzene rings is 1. The summed E-state index contributed by atoms with van der Waals surface area (Å²) in [4.78, 5) is 0. The highest BCUT2D eigenvalue weighted by Gasteiger charge is 2.62. The molecule has 0 bridgehead atoms. The summed E-state index contributed by atoms with van der Waals surface area (Å²) in [6.45, 7) is 0.